The summed E-state index contributed by atoms with van der Waals surface area (Å²) in [6.45, 7) is 27.4. The van der Waals surface area contributed by atoms with Crippen molar-refractivity contribution in [3.05, 3.63) is 63.0 Å². The maximum absolute atomic E-state index is 5.13. The normalized spacial score (nSPS) is 12.9. The van der Waals surface area contributed by atoms with E-state index in [1.165, 1.54) is 33.4 Å². The number of halogens is 2. The molecule has 2 rings (SSSR count). The number of rotatable bonds is 6. The fourth-order valence-corrected chi connectivity index (χ4v) is 4.12. The van der Waals surface area contributed by atoms with Gasteiger partial charge in [0.25, 0.3) is 0 Å². The van der Waals surface area contributed by atoms with Crippen LogP contribution >= 0.6 is 20.2 Å². The van der Waals surface area contributed by atoms with Crippen LogP contribution in [-0.2, 0) is 13.1 Å². The van der Waals surface area contributed by atoms with Crippen LogP contribution < -0.4 is 0 Å². The number of nitrogens with zero attached hydrogens (tertiary/aromatic N) is 3. The number of hydrogen-bond donors (Lipinski definition) is 0. The Bertz CT molecular complexity index is 959. The zero-order chi connectivity index (χ0) is 27.8. The van der Waals surface area contributed by atoms with Crippen molar-refractivity contribution in [1.82, 2.24) is 0 Å². The summed E-state index contributed by atoms with van der Waals surface area (Å²) in [6, 6.07) is 8.83. The minimum atomic E-state index is -0.0591. The molecule has 6 heteroatoms. The predicted octanol–water partition coefficient (Wildman–Crippen LogP) is 10.2. The molecule has 0 unspecified atom stereocenters. The van der Waals surface area contributed by atoms with Crippen LogP contribution in [0.2, 0.25) is 0 Å². The van der Waals surface area contributed by atoms with Gasteiger partial charge in [-0.3, -0.25) is 9.98 Å². The first-order chi connectivity index (χ1) is 16.5. The third-order valence-electron chi connectivity index (χ3n) is 6.02. The van der Waals surface area contributed by atoms with Crippen LogP contribution in [0.4, 0.5) is 11.4 Å². The van der Waals surface area contributed by atoms with Crippen molar-refractivity contribution in [2.45, 2.75) is 83.1 Å². The summed E-state index contributed by atoms with van der Waals surface area (Å²) in [6.07, 6.45) is 0. The van der Waals surface area contributed by atoms with Gasteiger partial charge in [0.05, 0.1) is 11.4 Å². The van der Waals surface area contributed by atoms with Crippen molar-refractivity contribution in [3.8, 4) is 0 Å². The SMILES string of the molecule is Cc1cc(C)c(N=C(C[N-]CC(=Nc2c(C)cc(C)cc2C)C(C)(C)C)C(C)(C)C)c(C)c1.[Cl][Fe+][Cl]. The molecule has 0 aliphatic carbocycles. The topological polar surface area (TPSA) is 38.8 Å². The van der Waals surface area contributed by atoms with E-state index in [4.69, 9.17) is 35.5 Å². The van der Waals surface area contributed by atoms with E-state index in [0.29, 0.717) is 13.1 Å². The van der Waals surface area contributed by atoms with E-state index in [9.17, 15) is 0 Å². The molecule has 0 radical (unpaired) electrons. The molecule has 0 atom stereocenters. The molecule has 0 aromatic heterocycles. The Hall–Kier alpha value is -1.16. The maximum atomic E-state index is 5.13. The van der Waals surface area contributed by atoms with Gasteiger partial charge in [-0.1, -0.05) is 76.9 Å². The fourth-order valence-electron chi connectivity index (χ4n) is 4.12. The van der Waals surface area contributed by atoms with Crippen LogP contribution in [-0.4, -0.2) is 24.5 Å². The van der Waals surface area contributed by atoms with Gasteiger partial charge in [-0.2, -0.15) is 0 Å². The van der Waals surface area contributed by atoms with Gasteiger partial charge in [0.2, 0.25) is 0 Å². The summed E-state index contributed by atoms with van der Waals surface area (Å²) >= 11 is 0.194. The zero-order valence-electron chi connectivity index (χ0n) is 24.2. The molecule has 0 aliphatic rings. The third-order valence-corrected chi connectivity index (χ3v) is 6.02. The molecule has 0 N–H and O–H groups in total. The first-order valence-electron chi connectivity index (χ1n) is 12.3. The quantitative estimate of drug-likeness (QED) is 0.244. The van der Waals surface area contributed by atoms with E-state index >= 15 is 0 Å². The average Bonchev–Trinajstić information content (AvgIpc) is 2.68. The Labute approximate surface area is 235 Å². The molecule has 0 bridgehead atoms. The van der Waals surface area contributed by atoms with Gasteiger partial charge < -0.3 is 5.32 Å². The van der Waals surface area contributed by atoms with E-state index in [-0.39, 0.29) is 24.0 Å². The zero-order valence-corrected chi connectivity index (χ0v) is 26.8. The summed E-state index contributed by atoms with van der Waals surface area (Å²) in [4.78, 5) is 10.3. The van der Waals surface area contributed by atoms with Gasteiger partial charge in [-0.05, 0) is 74.6 Å². The summed E-state index contributed by atoms with van der Waals surface area (Å²) in [5, 5.41) is 4.99. The van der Waals surface area contributed by atoms with Crippen molar-refractivity contribution in [2.75, 3.05) is 13.1 Å². The van der Waals surface area contributed by atoms with Gasteiger partial charge in [-0.25, -0.2) is 0 Å². The second-order valence-corrected chi connectivity index (χ2v) is 13.5. The Morgan fingerprint density at radius 2 is 0.889 bits per heavy atom. The Morgan fingerprint density at radius 1 is 0.639 bits per heavy atom. The van der Waals surface area contributed by atoms with Crippen molar-refractivity contribution in [1.29, 1.82) is 0 Å². The Morgan fingerprint density at radius 3 is 1.11 bits per heavy atom. The molecular formula is C30H44Cl2FeN3. The summed E-state index contributed by atoms with van der Waals surface area (Å²) < 4.78 is 0. The van der Waals surface area contributed by atoms with Crippen molar-refractivity contribution in [3.63, 3.8) is 0 Å². The van der Waals surface area contributed by atoms with Crippen LogP contribution in [0.1, 0.15) is 74.9 Å². The van der Waals surface area contributed by atoms with Gasteiger partial charge in [0, 0.05) is 11.4 Å². The van der Waals surface area contributed by atoms with Gasteiger partial charge in [-0.15, -0.1) is 13.1 Å². The molecule has 0 aliphatic heterocycles. The first-order valence-corrected chi connectivity index (χ1v) is 15.3. The van der Waals surface area contributed by atoms with Crippen LogP contribution in [0, 0.1) is 52.4 Å². The summed E-state index contributed by atoms with van der Waals surface area (Å²) in [7, 11) is 9.53. The molecule has 0 fully saturated rings. The molecule has 2 aromatic carbocycles. The minimum absolute atomic E-state index is 0.0591. The molecule has 201 valence electrons. The first kappa shape index (κ1) is 32.9. The van der Waals surface area contributed by atoms with E-state index in [2.05, 4.69) is 107 Å². The predicted molar refractivity (Wildman–Crippen MR) is 159 cm³/mol. The Kier molecular flexibility index (Phi) is 12.9. The van der Waals surface area contributed by atoms with Crippen molar-refractivity contribution >= 4 is 43.0 Å². The van der Waals surface area contributed by atoms with E-state index < -0.39 is 0 Å². The van der Waals surface area contributed by atoms with Crippen molar-refractivity contribution < 1.29 is 13.1 Å². The molecule has 2 aromatic rings. The number of hydrogen-bond acceptors (Lipinski definition) is 2. The van der Waals surface area contributed by atoms with Crippen LogP contribution in [0.5, 0.6) is 0 Å². The second-order valence-electron chi connectivity index (χ2n) is 11.7. The summed E-state index contributed by atoms with van der Waals surface area (Å²) in [5.74, 6) is 0. The van der Waals surface area contributed by atoms with Gasteiger partial charge in [0.15, 0.2) is 0 Å². The molecule has 0 spiro atoms. The molecule has 3 nitrogen and oxygen atoms in total. The molecule has 0 heterocycles. The van der Waals surface area contributed by atoms with Gasteiger partial charge in [0.1, 0.15) is 0 Å². The molecular weight excluding hydrogens is 529 g/mol. The molecule has 0 amide bonds. The number of aryl methyl sites for hydroxylation is 6. The van der Waals surface area contributed by atoms with E-state index in [0.717, 1.165) is 22.8 Å². The molecule has 0 saturated carbocycles. The third kappa shape index (κ3) is 10.3. The average molecular weight is 573 g/mol. The van der Waals surface area contributed by atoms with E-state index in [1.807, 2.05) is 0 Å². The molecule has 0 saturated heterocycles. The van der Waals surface area contributed by atoms with Crippen molar-refractivity contribution in [2.24, 2.45) is 20.8 Å². The van der Waals surface area contributed by atoms with E-state index in [1.54, 1.807) is 0 Å². The second kappa shape index (κ2) is 14.1. The summed E-state index contributed by atoms with van der Waals surface area (Å²) in [5.41, 5.74) is 11.7. The standard InChI is InChI=1S/C30H44N3.2ClH.Fe/c1-19-13-21(3)27(22(4)14-19)32-25(29(7,8)9)17-31-18-26(30(10,11)12)33-28-23(5)15-20(2)16-24(28)6;;;/h13-16H,17-18H2,1-12H3;2*1H;/q-1;;;+3/p-2. The van der Waals surface area contributed by atoms with Crippen LogP contribution in [0.15, 0.2) is 34.3 Å². The fraction of sp³-hybridized carbons (Fsp3) is 0.533. The van der Waals surface area contributed by atoms with Crippen LogP contribution in [0.25, 0.3) is 5.32 Å². The van der Waals surface area contributed by atoms with Crippen LogP contribution in [0.3, 0.4) is 0 Å². The molecule has 36 heavy (non-hydrogen) atoms. The van der Waals surface area contributed by atoms with Gasteiger partial charge >= 0.3 is 33.3 Å². The Balaban J connectivity index is 0.00000205. The number of benzene rings is 2. The monoisotopic (exact) mass is 572 g/mol. The number of aliphatic imine (C=N–C) groups is 2.